The normalized spacial score (nSPS) is 25.7. The Hall–Kier alpha value is -2.45. The van der Waals surface area contributed by atoms with Gasteiger partial charge in [-0.3, -0.25) is 14.9 Å². The minimum Gasteiger partial charge on any atom is -0.480 e. The fourth-order valence-corrected chi connectivity index (χ4v) is 4.61. The Balaban J connectivity index is 1.61. The molecule has 8 nitrogen and oxygen atoms in total. The van der Waals surface area contributed by atoms with Crippen molar-refractivity contribution in [2.45, 2.75) is 69.7 Å². The number of likely N-dealkylation sites (tertiary alicyclic amines) is 1. The highest BCUT2D eigenvalue weighted by Gasteiger charge is 2.44. The van der Waals surface area contributed by atoms with E-state index in [1.165, 1.54) is 4.90 Å². The Morgan fingerprint density at radius 1 is 1.19 bits per heavy atom. The summed E-state index contributed by atoms with van der Waals surface area (Å²) < 4.78 is 5.82. The van der Waals surface area contributed by atoms with Crippen molar-refractivity contribution >= 4 is 17.8 Å². The maximum Gasteiger partial charge on any atom is 0.326 e. The van der Waals surface area contributed by atoms with Crippen molar-refractivity contribution in [2.24, 2.45) is 5.92 Å². The van der Waals surface area contributed by atoms with Crippen LogP contribution in [0.5, 0.6) is 0 Å². The van der Waals surface area contributed by atoms with Crippen LogP contribution in [0.1, 0.15) is 44.6 Å². The Kier molecular flexibility index (Phi) is 8.03. The van der Waals surface area contributed by atoms with E-state index in [-0.39, 0.29) is 17.9 Å². The molecule has 1 amide bonds. The van der Waals surface area contributed by atoms with E-state index < -0.39 is 30.1 Å². The lowest BCUT2D eigenvalue weighted by molar-refractivity contribution is -0.149. The van der Waals surface area contributed by atoms with Crippen LogP contribution < -0.4 is 5.32 Å². The lowest BCUT2D eigenvalue weighted by Crippen LogP contribution is -2.53. The van der Waals surface area contributed by atoms with Crippen molar-refractivity contribution < 1.29 is 29.3 Å². The van der Waals surface area contributed by atoms with Crippen LogP contribution in [0.2, 0.25) is 0 Å². The molecule has 0 spiro atoms. The largest absolute Gasteiger partial charge is 0.480 e. The van der Waals surface area contributed by atoms with Crippen LogP contribution in [0, 0.1) is 5.92 Å². The number of aryl methyl sites for hydroxylation is 1. The number of hydrogen-bond acceptors (Lipinski definition) is 5. The summed E-state index contributed by atoms with van der Waals surface area (Å²) in [7, 11) is 0. The van der Waals surface area contributed by atoms with Crippen molar-refractivity contribution in [2.75, 3.05) is 13.2 Å². The van der Waals surface area contributed by atoms with Crippen LogP contribution in [0.15, 0.2) is 30.3 Å². The number of carbonyl (C=O) groups excluding carboxylic acids is 1. The summed E-state index contributed by atoms with van der Waals surface area (Å²) in [6.45, 7) is 2.60. The third kappa shape index (κ3) is 6.04. The number of nitrogens with one attached hydrogen (secondary N) is 1. The van der Waals surface area contributed by atoms with Gasteiger partial charge in [0.15, 0.2) is 0 Å². The first-order chi connectivity index (χ1) is 14.9. The molecule has 5 atom stereocenters. The second-order valence-corrected chi connectivity index (χ2v) is 8.55. The molecule has 170 valence electrons. The zero-order chi connectivity index (χ0) is 22.4. The zero-order valence-electron chi connectivity index (χ0n) is 17.9. The van der Waals surface area contributed by atoms with Crippen molar-refractivity contribution in [3.63, 3.8) is 0 Å². The van der Waals surface area contributed by atoms with E-state index in [1.807, 2.05) is 30.3 Å². The molecule has 0 radical (unpaired) electrons. The molecule has 2 fully saturated rings. The van der Waals surface area contributed by atoms with Gasteiger partial charge in [0.1, 0.15) is 12.1 Å². The van der Waals surface area contributed by atoms with Gasteiger partial charge in [0.2, 0.25) is 5.91 Å². The number of aliphatic carboxylic acids is 2. The molecule has 1 aromatic carbocycles. The molecule has 2 aliphatic rings. The SMILES string of the molecule is C[C@H](N[C@@H](CCc1ccccc1)C(=O)O)C(=O)N1CC([C@H]2CCCCO2)C[C@H]1C(=O)O. The van der Waals surface area contributed by atoms with Crippen LogP contribution in [0.4, 0.5) is 0 Å². The molecule has 2 heterocycles. The summed E-state index contributed by atoms with van der Waals surface area (Å²) in [5.74, 6) is -2.44. The molecular formula is C23H32N2O6. The first kappa shape index (κ1) is 23.2. The van der Waals surface area contributed by atoms with E-state index in [1.54, 1.807) is 6.92 Å². The quantitative estimate of drug-likeness (QED) is 0.546. The van der Waals surface area contributed by atoms with Crippen molar-refractivity contribution in [3.05, 3.63) is 35.9 Å². The first-order valence-corrected chi connectivity index (χ1v) is 11.0. The Morgan fingerprint density at radius 3 is 2.55 bits per heavy atom. The van der Waals surface area contributed by atoms with Gasteiger partial charge in [0.25, 0.3) is 0 Å². The third-order valence-electron chi connectivity index (χ3n) is 6.33. The number of hydrogen-bond donors (Lipinski definition) is 3. The molecule has 3 rings (SSSR count). The van der Waals surface area contributed by atoms with E-state index in [9.17, 15) is 24.6 Å². The molecule has 1 aromatic rings. The minimum absolute atomic E-state index is 0.00842. The molecule has 31 heavy (non-hydrogen) atoms. The average Bonchev–Trinajstić information content (AvgIpc) is 3.23. The van der Waals surface area contributed by atoms with Gasteiger partial charge in [-0.05, 0) is 51.0 Å². The summed E-state index contributed by atoms with van der Waals surface area (Å²) >= 11 is 0. The van der Waals surface area contributed by atoms with Crippen LogP contribution >= 0.6 is 0 Å². The van der Waals surface area contributed by atoms with Crippen LogP contribution in [-0.2, 0) is 25.5 Å². The molecule has 3 N–H and O–H groups in total. The number of ether oxygens (including phenoxy) is 1. The van der Waals surface area contributed by atoms with Gasteiger partial charge in [-0.25, -0.2) is 4.79 Å². The first-order valence-electron chi connectivity index (χ1n) is 11.0. The van der Waals surface area contributed by atoms with Crippen molar-refractivity contribution in [3.8, 4) is 0 Å². The summed E-state index contributed by atoms with van der Waals surface area (Å²) in [5.41, 5.74) is 1.02. The minimum atomic E-state index is -1.03. The topological polar surface area (TPSA) is 116 Å². The summed E-state index contributed by atoms with van der Waals surface area (Å²) in [5, 5.41) is 22.2. The van der Waals surface area contributed by atoms with E-state index in [0.29, 0.717) is 32.4 Å². The van der Waals surface area contributed by atoms with Gasteiger partial charge in [0.05, 0.1) is 12.1 Å². The van der Waals surface area contributed by atoms with Gasteiger partial charge in [0, 0.05) is 19.1 Å². The lowest BCUT2D eigenvalue weighted by Gasteiger charge is -2.29. The lowest BCUT2D eigenvalue weighted by atomic mass is 9.93. The second kappa shape index (κ2) is 10.7. The smallest absolute Gasteiger partial charge is 0.326 e. The fourth-order valence-electron chi connectivity index (χ4n) is 4.61. The maximum absolute atomic E-state index is 13.1. The van der Waals surface area contributed by atoms with Gasteiger partial charge < -0.3 is 19.8 Å². The van der Waals surface area contributed by atoms with E-state index >= 15 is 0 Å². The Bertz CT molecular complexity index is 765. The van der Waals surface area contributed by atoms with E-state index in [0.717, 1.165) is 24.8 Å². The molecule has 0 aliphatic carbocycles. The van der Waals surface area contributed by atoms with E-state index in [2.05, 4.69) is 5.32 Å². The predicted octanol–water partition coefficient (Wildman–Crippen LogP) is 1.92. The number of rotatable bonds is 9. The third-order valence-corrected chi connectivity index (χ3v) is 6.33. The zero-order valence-corrected chi connectivity index (χ0v) is 17.9. The highest BCUT2D eigenvalue weighted by Crippen LogP contribution is 2.32. The fraction of sp³-hybridized carbons (Fsp3) is 0.609. The van der Waals surface area contributed by atoms with Crippen LogP contribution in [0.3, 0.4) is 0 Å². The Morgan fingerprint density at radius 2 is 1.94 bits per heavy atom. The molecule has 0 aromatic heterocycles. The number of amides is 1. The second-order valence-electron chi connectivity index (χ2n) is 8.55. The molecule has 2 aliphatic heterocycles. The average molecular weight is 433 g/mol. The number of nitrogens with zero attached hydrogens (tertiary/aromatic N) is 1. The van der Waals surface area contributed by atoms with Crippen molar-refractivity contribution in [1.29, 1.82) is 0 Å². The number of benzene rings is 1. The van der Waals surface area contributed by atoms with Gasteiger partial charge in [-0.1, -0.05) is 30.3 Å². The van der Waals surface area contributed by atoms with Gasteiger partial charge in [-0.2, -0.15) is 0 Å². The summed E-state index contributed by atoms with van der Waals surface area (Å²) in [6, 6.07) is 6.96. The highest BCUT2D eigenvalue weighted by molar-refractivity contribution is 5.88. The van der Waals surface area contributed by atoms with Gasteiger partial charge >= 0.3 is 11.9 Å². The number of carboxylic acids is 2. The molecule has 1 unspecified atom stereocenters. The number of carbonyl (C=O) groups is 3. The number of carboxylic acid groups (broad SMARTS) is 2. The summed E-state index contributed by atoms with van der Waals surface area (Å²) in [4.78, 5) is 38.0. The monoisotopic (exact) mass is 432 g/mol. The standard InChI is InChI=1S/C23H32N2O6/c1-15(24-18(22(27)28)11-10-16-7-3-2-4-8-16)21(26)25-14-17(13-19(25)23(29)30)20-9-5-6-12-31-20/h2-4,7-8,15,17-20,24H,5-6,9-14H2,1H3,(H,27,28)(H,29,30)/t15-,17?,18-,19-,20+/m0/s1. The molecular weight excluding hydrogens is 400 g/mol. The molecule has 2 saturated heterocycles. The van der Waals surface area contributed by atoms with Crippen LogP contribution in [-0.4, -0.2) is 70.3 Å². The van der Waals surface area contributed by atoms with Crippen molar-refractivity contribution in [1.82, 2.24) is 10.2 Å². The van der Waals surface area contributed by atoms with Gasteiger partial charge in [-0.15, -0.1) is 0 Å². The molecule has 0 bridgehead atoms. The molecule has 8 heteroatoms. The molecule has 0 saturated carbocycles. The highest BCUT2D eigenvalue weighted by atomic mass is 16.5. The van der Waals surface area contributed by atoms with Crippen LogP contribution in [0.25, 0.3) is 0 Å². The van der Waals surface area contributed by atoms with E-state index in [4.69, 9.17) is 4.74 Å². The Labute approximate surface area is 182 Å². The maximum atomic E-state index is 13.1. The predicted molar refractivity (Wildman–Crippen MR) is 114 cm³/mol. The summed E-state index contributed by atoms with van der Waals surface area (Å²) in [6.07, 6.45) is 4.18.